The minimum absolute atomic E-state index is 0.602. The lowest BCUT2D eigenvalue weighted by molar-refractivity contribution is 0.186. The van der Waals surface area contributed by atoms with Crippen molar-refractivity contribution in [3.8, 4) is 0 Å². The number of benzene rings is 1. The molecule has 56 valence electrons. The Kier molecular flexibility index (Phi) is 2.49. The lowest BCUT2D eigenvalue weighted by atomic mass is 10.2. The van der Waals surface area contributed by atoms with Crippen molar-refractivity contribution in [2.45, 2.75) is 6.23 Å². The highest BCUT2D eigenvalue weighted by Gasteiger charge is 2.00. The Bertz CT molecular complexity index is 266. The second-order valence-electron chi connectivity index (χ2n) is 1.99. The van der Waals surface area contributed by atoms with Crippen LogP contribution >= 0.6 is 0 Å². The van der Waals surface area contributed by atoms with Gasteiger partial charge in [0, 0.05) is 4.91 Å². The summed E-state index contributed by atoms with van der Waals surface area (Å²) in [5.41, 5.74) is 8.60. The van der Waals surface area contributed by atoms with E-state index in [9.17, 15) is 0 Å². The predicted octanol–water partition coefficient (Wildman–Crippen LogP) is 1.99. The highest BCUT2D eigenvalue weighted by molar-refractivity contribution is 5.16. The summed E-state index contributed by atoms with van der Waals surface area (Å²) in [6, 6.07) is 8.75. The van der Waals surface area contributed by atoms with Gasteiger partial charge in [0.15, 0.2) is 6.23 Å². The molecule has 0 aliphatic carbocycles. The molecule has 4 nitrogen and oxygen atoms in total. The molecule has 0 aliphatic rings. The zero-order valence-electron chi connectivity index (χ0n) is 5.75. The first-order chi connectivity index (χ1) is 5.34. The van der Waals surface area contributed by atoms with Crippen LogP contribution in [0.2, 0.25) is 0 Å². The van der Waals surface area contributed by atoms with Crippen molar-refractivity contribution in [2.75, 3.05) is 0 Å². The van der Waals surface area contributed by atoms with Crippen LogP contribution in [0.1, 0.15) is 11.8 Å². The third-order valence-corrected chi connectivity index (χ3v) is 1.26. The fraction of sp³-hybridized carbons (Fsp3) is 0.143. The van der Waals surface area contributed by atoms with E-state index in [1.165, 1.54) is 0 Å². The van der Waals surface area contributed by atoms with Gasteiger partial charge >= 0.3 is 0 Å². The third kappa shape index (κ3) is 1.97. The molecule has 0 fully saturated rings. The van der Waals surface area contributed by atoms with Crippen LogP contribution in [0.15, 0.2) is 35.4 Å². The first-order valence-corrected chi connectivity index (χ1v) is 3.12. The molecule has 1 atom stereocenters. The minimum atomic E-state index is -1.07. The SMILES string of the molecule is [N-]=[N+]=N[C@H](O)c1ccccc1. The van der Waals surface area contributed by atoms with Crippen LogP contribution in [0, 0.1) is 0 Å². The van der Waals surface area contributed by atoms with Crippen molar-refractivity contribution in [3.05, 3.63) is 46.3 Å². The van der Waals surface area contributed by atoms with Crippen molar-refractivity contribution in [1.29, 1.82) is 0 Å². The molecule has 0 spiro atoms. The first-order valence-electron chi connectivity index (χ1n) is 3.12. The van der Waals surface area contributed by atoms with E-state index in [2.05, 4.69) is 10.0 Å². The molecular weight excluding hydrogens is 142 g/mol. The first kappa shape index (κ1) is 7.60. The molecule has 1 N–H and O–H groups in total. The standard InChI is InChI=1S/C7H7N3O/c8-10-9-7(11)6-4-2-1-3-5-6/h1-5,7,11H/t7-/m1/s1. The maximum absolute atomic E-state index is 9.10. The number of hydrogen-bond donors (Lipinski definition) is 1. The molecule has 0 amide bonds. The lowest BCUT2D eigenvalue weighted by Gasteiger charge is -2.01. The summed E-state index contributed by atoms with van der Waals surface area (Å²) in [6.07, 6.45) is -1.07. The van der Waals surface area contributed by atoms with Gasteiger partial charge in [0.25, 0.3) is 0 Å². The van der Waals surface area contributed by atoms with Gasteiger partial charge in [-0.2, -0.15) is 0 Å². The number of aliphatic hydroxyl groups excluding tert-OH is 1. The smallest absolute Gasteiger partial charge is 0.158 e. The van der Waals surface area contributed by atoms with E-state index in [1.54, 1.807) is 24.3 Å². The number of azide groups is 1. The van der Waals surface area contributed by atoms with Crippen molar-refractivity contribution >= 4 is 0 Å². The van der Waals surface area contributed by atoms with E-state index in [-0.39, 0.29) is 0 Å². The second kappa shape index (κ2) is 3.61. The Balaban J connectivity index is 2.84. The van der Waals surface area contributed by atoms with Crippen molar-refractivity contribution in [1.82, 2.24) is 0 Å². The van der Waals surface area contributed by atoms with E-state index >= 15 is 0 Å². The molecule has 0 saturated carbocycles. The van der Waals surface area contributed by atoms with Gasteiger partial charge in [-0.3, -0.25) is 0 Å². The third-order valence-electron chi connectivity index (χ3n) is 1.26. The summed E-state index contributed by atoms with van der Waals surface area (Å²) in [4.78, 5) is 2.49. The van der Waals surface area contributed by atoms with E-state index in [4.69, 9.17) is 10.6 Å². The zero-order valence-corrected chi connectivity index (χ0v) is 5.75. The molecule has 0 radical (unpaired) electrons. The fourth-order valence-corrected chi connectivity index (χ4v) is 0.741. The molecule has 0 saturated heterocycles. The van der Waals surface area contributed by atoms with Crippen molar-refractivity contribution < 1.29 is 5.11 Å². The van der Waals surface area contributed by atoms with Crippen LogP contribution in [0.3, 0.4) is 0 Å². The summed E-state index contributed by atoms with van der Waals surface area (Å²) >= 11 is 0. The van der Waals surface area contributed by atoms with Crippen LogP contribution in [-0.2, 0) is 0 Å². The second-order valence-corrected chi connectivity index (χ2v) is 1.99. The number of nitrogens with zero attached hydrogens (tertiary/aromatic N) is 3. The number of aliphatic hydroxyl groups is 1. The van der Waals surface area contributed by atoms with Crippen molar-refractivity contribution in [3.63, 3.8) is 0 Å². The lowest BCUT2D eigenvalue weighted by Crippen LogP contribution is -1.89. The van der Waals surface area contributed by atoms with Crippen LogP contribution in [-0.4, -0.2) is 5.11 Å². The summed E-state index contributed by atoms with van der Waals surface area (Å²) in [6.45, 7) is 0. The normalized spacial score (nSPS) is 11.7. The van der Waals surface area contributed by atoms with Crippen LogP contribution in [0.4, 0.5) is 0 Å². The molecule has 1 aromatic rings. The summed E-state index contributed by atoms with van der Waals surface area (Å²) in [7, 11) is 0. The van der Waals surface area contributed by atoms with E-state index in [0.717, 1.165) is 0 Å². The molecule has 0 bridgehead atoms. The Morgan fingerprint density at radius 1 is 1.36 bits per heavy atom. The van der Waals surface area contributed by atoms with Gasteiger partial charge in [0.2, 0.25) is 0 Å². The Morgan fingerprint density at radius 2 is 2.00 bits per heavy atom. The molecule has 4 heteroatoms. The van der Waals surface area contributed by atoms with Crippen LogP contribution in [0.25, 0.3) is 10.4 Å². The molecule has 1 rings (SSSR count). The molecule has 0 aliphatic heterocycles. The van der Waals surface area contributed by atoms with Gasteiger partial charge in [-0.1, -0.05) is 35.4 Å². The summed E-state index contributed by atoms with van der Waals surface area (Å²) in [5.74, 6) is 0. The number of rotatable bonds is 2. The molecular formula is C7H7N3O. The maximum atomic E-state index is 9.10. The van der Waals surface area contributed by atoms with Gasteiger partial charge in [-0.25, -0.2) is 0 Å². The molecule has 11 heavy (non-hydrogen) atoms. The van der Waals surface area contributed by atoms with Gasteiger partial charge < -0.3 is 5.11 Å². The monoisotopic (exact) mass is 149 g/mol. The van der Waals surface area contributed by atoms with Gasteiger partial charge in [0.05, 0.1) is 0 Å². The largest absolute Gasteiger partial charge is 0.382 e. The fourth-order valence-electron chi connectivity index (χ4n) is 0.741. The molecule has 1 aromatic carbocycles. The molecule has 0 heterocycles. The van der Waals surface area contributed by atoms with E-state index < -0.39 is 6.23 Å². The van der Waals surface area contributed by atoms with Gasteiger partial charge in [-0.15, -0.1) is 0 Å². The number of hydrogen-bond acceptors (Lipinski definition) is 2. The summed E-state index contributed by atoms with van der Waals surface area (Å²) < 4.78 is 0. The van der Waals surface area contributed by atoms with Crippen LogP contribution in [0.5, 0.6) is 0 Å². The minimum Gasteiger partial charge on any atom is -0.382 e. The highest BCUT2D eigenvalue weighted by atomic mass is 16.3. The van der Waals surface area contributed by atoms with Gasteiger partial charge in [0.1, 0.15) is 0 Å². The Hall–Kier alpha value is -1.51. The topological polar surface area (TPSA) is 69.0 Å². The molecule has 0 aromatic heterocycles. The Labute approximate surface area is 63.7 Å². The summed E-state index contributed by atoms with van der Waals surface area (Å²) in [5, 5.41) is 12.2. The van der Waals surface area contributed by atoms with E-state index in [0.29, 0.717) is 5.56 Å². The van der Waals surface area contributed by atoms with Crippen LogP contribution < -0.4 is 0 Å². The quantitative estimate of drug-likeness (QED) is 0.390. The average molecular weight is 149 g/mol. The molecule has 0 unspecified atom stereocenters. The Morgan fingerprint density at radius 3 is 2.55 bits per heavy atom. The van der Waals surface area contributed by atoms with Gasteiger partial charge in [-0.05, 0) is 11.1 Å². The zero-order chi connectivity index (χ0) is 8.10. The highest BCUT2D eigenvalue weighted by Crippen LogP contribution is 2.12. The average Bonchev–Trinajstić information content (AvgIpc) is 2.07. The van der Waals surface area contributed by atoms with E-state index in [1.807, 2.05) is 6.07 Å². The predicted molar refractivity (Wildman–Crippen MR) is 40.5 cm³/mol. The maximum Gasteiger partial charge on any atom is 0.158 e. The van der Waals surface area contributed by atoms with Crippen molar-refractivity contribution in [2.24, 2.45) is 5.11 Å².